The van der Waals surface area contributed by atoms with Gasteiger partial charge in [-0.15, -0.1) is 0 Å². The molecule has 3 heteroatoms. The third kappa shape index (κ3) is 4.27. The lowest BCUT2D eigenvalue weighted by atomic mass is 10.0. The average molecular weight is 329 g/mol. The second-order valence-electron chi connectivity index (χ2n) is 8.04. The highest BCUT2D eigenvalue weighted by atomic mass is 16.1. The maximum Gasteiger partial charge on any atom is 0.194 e. The monoisotopic (exact) mass is 328 g/mol. The number of hydrogen-bond donors (Lipinski definition) is 1. The molecule has 0 aliphatic carbocycles. The van der Waals surface area contributed by atoms with Crippen molar-refractivity contribution in [2.75, 3.05) is 13.1 Å². The second kappa shape index (κ2) is 7.52. The van der Waals surface area contributed by atoms with Gasteiger partial charge < -0.3 is 4.98 Å². The number of aromatic nitrogens is 1. The average Bonchev–Trinajstić information content (AvgIpc) is 2.40. The van der Waals surface area contributed by atoms with Crippen LogP contribution in [0.1, 0.15) is 50.1 Å². The number of rotatable bonds is 6. The van der Waals surface area contributed by atoms with Crippen LogP contribution in [0, 0.1) is 32.6 Å². The van der Waals surface area contributed by atoms with Crippen molar-refractivity contribution in [2.45, 2.75) is 55.0 Å². The first kappa shape index (κ1) is 18.7. The lowest BCUT2D eigenvalue weighted by Gasteiger charge is -2.26. The molecule has 0 amide bonds. The van der Waals surface area contributed by atoms with Gasteiger partial charge in [-0.25, -0.2) is 0 Å². The van der Waals surface area contributed by atoms with Crippen LogP contribution >= 0.6 is 0 Å². The maximum absolute atomic E-state index is 13.1. The fraction of sp³-hybridized carbons (Fsp3) is 0.571. The predicted molar refractivity (Wildman–Crippen MR) is 104 cm³/mol. The van der Waals surface area contributed by atoms with E-state index in [4.69, 9.17) is 0 Å². The Hall–Kier alpha value is -1.61. The van der Waals surface area contributed by atoms with Crippen molar-refractivity contribution in [3.63, 3.8) is 0 Å². The maximum atomic E-state index is 13.1. The molecule has 0 radical (unpaired) electrons. The minimum atomic E-state index is 0.191. The molecule has 132 valence electrons. The van der Waals surface area contributed by atoms with Crippen LogP contribution < -0.4 is 5.43 Å². The van der Waals surface area contributed by atoms with Crippen molar-refractivity contribution in [1.29, 1.82) is 0 Å². The molecule has 1 aromatic carbocycles. The summed E-state index contributed by atoms with van der Waals surface area (Å²) >= 11 is 0. The van der Waals surface area contributed by atoms with Crippen LogP contribution in [0.5, 0.6) is 0 Å². The summed E-state index contributed by atoms with van der Waals surface area (Å²) in [6.45, 7) is 17.8. The lowest BCUT2D eigenvalue weighted by molar-refractivity contribution is 0.210. The normalized spacial score (nSPS) is 12.1. The topological polar surface area (TPSA) is 36.1 Å². The lowest BCUT2D eigenvalue weighted by Crippen LogP contribution is -2.33. The highest BCUT2D eigenvalue weighted by molar-refractivity contribution is 5.83. The molecule has 24 heavy (non-hydrogen) atoms. The van der Waals surface area contributed by atoms with E-state index in [-0.39, 0.29) is 5.43 Å². The molecule has 2 aromatic rings. The number of fused-ring (bicyclic) bond motifs is 1. The van der Waals surface area contributed by atoms with E-state index in [1.165, 1.54) is 5.56 Å². The molecule has 0 aliphatic heterocycles. The molecule has 0 spiro atoms. The van der Waals surface area contributed by atoms with Crippen molar-refractivity contribution in [2.24, 2.45) is 11.8 Å². The number of H-pyrrole nitrogens is 1. The summed E-state index contributed by atoms with van der Waals surface area (Å²) < 4.78 is 0. The summed E-state index contributed by atoms with van der Waals surface area (Å²) in [6, 6.07) is 4.16. The fourth-order valence-corrected chi connectivity index (χ4v) is 3.62. The van der Waals surface area contributed by atoms with Crippen molar-refractivity contribution in [3.8, 4) is 0 Å². The Morgan fingerprint density at radius 1 is 1.00 bits per heavy atom. The second-order valence-corrected chi connectivity index (χ2v) is 8.04. The summed E-state index contributed by atoms with van der Waals surface area (Å²) in [7, 11) is 0. The number of nitrogens with one attached hydrogen (secondary N) is 1. The van der Waals surface area contributed by atoms with Crippen molar-refractivity contribution < 1.29 is 0 Å². The predicted octanol–water partition coefficient (Wildman–Crippen LogP) is 4.57. The van der Waals surface area contributed by atoms with Gasteiger partial charge in [0, 0.05) is 36.3 Å². The molecule has 0 unspecified atom stereocenters. The smallest absolute Gasteiger partial charge is 0.194 e. The molecule has 1 heterocycles. The minimum absolute atomic E-state index is 0.191. The molecule has 0 fully saturated rings. The molecule has 1 aromatic heterocycles. The van der Waals surface area contributed by atoms with Gasteiger partial charge in [-0.2, -0.15) is 0 Å². The quantitative estimate of drug-likeness (QED) is 0.843. The van der Waals surface area contributed by atoms with Gasteiger partial charge in [-0.1, -0.05) is 33.8 Å². The van der Waals surface area contributed by atoms with Gasteiger partial charge in [-0.3, -0.25) is 9.69 Å². The van der Waals surface area contributed by atoms with Crippen molar-refractivity contribution in [3.05, 3.63) is 44.7 Å². The molecule has 0 saturated heterocycles. The zero-order valence-corrected chi connectivity index (χ0v) is 16.3. The molecule has 3 nitrogen and oxygen atoms in total. The Bertz CT molecular complexity index is 761. The van der Waals surface area contributed by atoms with E-state index in [0.29, 0.717) is 11.8 Å². The van der Waals surface area contributed by atoms with Crippen LogP contribution in [0.3, 0.4) is 0 Å². The van der Waals surface area contributed by atoms with E-state index in [2.05, 4.69) is 56.6 Å². The largest absolute Gasteiger partial charge is 0.358 e. The molecule has 0 aliphatic rings. The summed E-state index contributed by atoms with van der Waals surface area (Å²) in [5, 5.41) is 0.843. The van der Waals surface area contributed by atoms with Gasteiger partial charge in [-0.05, 0) is 49.8 Å². The van der Waals surface area contributed by atoms with Crippen LogP contribution in [-0.4, -0.2) is 23.0 Å². The third-order valence-electron chi connectivity index (χ3n) is 4.38. The van der Waals surface area contributed by atoms with E-state index in [0.717, 1.165) is 47.4 Å². The highest BCUT2D eigenvalue weighted by Crippen LogP contribution is 2.19. The Labute approximate surface area is 146 Å². The highest BCUT2D eigenvalue weighted by Gasteiger charge is 2.16. The van der Waals surface area contributed by atoms with E-state index in [1.54, 1.807) is 0 Å². The summed E-state index contributed by atoms with van der Waals surface area (Å²) in [5.41, 5.74) is 5.30. The van der Waals surface area contributed by atoms with Crippen molar-refractivity contribution in [1.82, 2.24) is 9.88 Å². The minimum Gasteiger partial charge on any atom is -0.358 e. The molecule has 1 N–H and O–H groups in total. The first-order valence-electron chi connectivity index (χ1n) is 9.04. The van der Waals surface area contributed by atoms with Crippen LogP contribution in [0.4, 0.5) is 0 Å². The Morgan fingerprint density at radius 2 is 1.58 bits per heavy atom. The summed E-state index contributed by atoms with van der Waals surface area (Å²) in [5.74, 6) is 1.18. The Morgan fingerprint density at radius 3 is 2.12 bits per heavy atom. The number of hydrogen-bond acceptors (Lipinski definition) is 2. The van der Waals surface area contributed by atoms with Gasteiger partial charge in [0.25, 0.3) is 0 Å². The summed E-state index contributed by atoms with van der Waals surface area (Å²) in [4.78, 5) is 19.0. The molecular weight excluding hydrogens is 296 g/mol. The van der Waals surface area contributed by atoms with E-state index in [1.807, 2.05) is 13.8 Å². The zero-order chi connectivity index (χ0) is 18.0. The number of pyridine rings is 1. The number of nitrogens with zero attached hydrogens (tertiary/aromatic N) is 1. The molecular formula is C21H32N2O. The molecule has 0 atom stereocenters. The van der Waals surface area contributed by atoms with E-state index < -0.39 is 0 Å². The van der Waals surface area contributed by atoms with Gasteiger partial charge in [0.1, 0.15) is 0 Å². The van der Waals surface area contributed by atoms with Crippen molar-refractivity contribution >= 4 is 10.9 Å². The standard InChI is InChI=1S/C21H32N2O/c1-13(2)10-23(11-14(3)4)12-18-17(7)22-19-9-15(5)8-16(6)20(19)21(18)24/h8-9,13-14H,10-12H2,1-7H3,(H,22,24). The fourth-order valence-electron chi connectivity index (χ4n) is 3.62. The van der Waals surface area contributed by atoms with Gasteiger partial charge >= 0.3 is 0 Å². The van der Waals surface area contributed by atoms with Crippen LogP contribution in [-0.2, 0) is 6.54 Å². The van der Waals surface area contributed by atoms with Crippen LogP contribution in [0.2, 0.25) is 0 Å². The molecule has 0 bridgehead atoms. The molecule has 2 rings (SSSR count). The van der Waals surface area contributed by atoms with Crippen LogP contribution in [0.25, 0.3) is 10.9 Å². The third-order valence-corrected chi connectivity index (χ3v) is 4.38. The first-order valence-corrected chi connectivity index (χ1v) is 9.04. The summed E-state index contributed by atoms with van der Waals surface area (Å²) in [6.07, 6.45) is 0. The van der Waals surface area contributed by atoms with E-state index >= 15 is 0 Å². The van der Waals surface area contributed by atoms with Gasteiger partial charge in [0.15, 0.2) is 5.43 Å². The molecule has 0 saturated carbocycles. The number of aromatic amines is 1. The van der Waals surface area contributed by atoms with Crippen LogP contribution in [0.15, 0.2) is 16.9 Å². The number of benzene rings is 1. The zero-order valence-electron chi connectivity index (χ0n) is 16.3. The van der Waals surface area contributed by atoms with Gasteiger partial charge in [0.05, 0.1) is 5.52 Å². The Kier molecular flexibility index (Phi) is 5.87. The first-order chi connectivity index (χ1) is 11.2. The van der Waals surface area contributed by atoms with Gasteiger partial charge in [0.2, 0.25) is 0 Å². The Balaban J connectivity index is 2.49. The van der Waals surface area contributed by atoms with E-state index in [9.17, 15) is 4.79 Å². The number of aryl methyl sites for hydroxylation is 3. The SMILES string of the molecule is Cc1cc(C)c2c(=O)c(CN(CC(C)C)CC(C)C)c(C)[nH]c2c1.